The van der Waals surface area contributed by atoms with Crippen LogP contribution in [0.5, 0.6) is 0 Å². The summed E-state index contributed by atoms with van der Waals surface area (Å²) in [7, 11) is 0. The lowest BCUT2D eigenvalue weighted by molar-refractivity contribution is -0.114. The number of anilines is 1. The van der Waals surface area contributed by atoms with E-state index in [-0.39, 0.29) is 11.7 Å². The molecule has 3 heteroatoms. The lowest BCUT2D eigenvalue weighted by atomic mass is 10.1. The summed E-state index contributed by atoms with van der Waals surface area (Å²) < 4.78 is 13.2. The van der Waals surface area contributed by atoms with Gasteiger partial charge in [-0.25, -0.2) is 4.39 Å². The van der Waals surface area contributed by atoms with Gasteiger partial charge in [0, 0.05) is 12.3 Å². The Morgan fingerprint density at radius 1 is 1.27 bits per heavy atom. The van der Waals surface area contributed by atoms with E-state index in [0.717, 1.165) is 10.8 Å². The topological polar surface area (TPSA) is 29.1 Å². The second-order valence-electron chi connectivity index (χ2n) is 3.36. The summed E-state index contributed by atoms with van der Waals surface area (Å²) >= 11 is 0. The van der Waals surface area contributed by atoms with Gasteiger partial charge < -0.3 is 5.32 Å². The van der Waals surface area contributed by atoms with E-state index >= 15 is 0 Å². The van der Waals surface area contributed by atoms with Crippen molar-refractivity contribution in [1.82, 2.24) is 0 Å². The SMILES string of the molecule is CC(=O)Nc1cc(F)cc2ccccc12. The highest BCUT2D eigenvalue weighted by Crippen LogP contribution is 2.24. The average molecular weight is 203 g/mol. The molecule has 0 aromatic heterocycles. The van der Waals surface area contributed by atoms with Gasteiger partial charge in [0.15, 0.2) is 0 Å². The minimum atomic E-state index is -0.350. The number of carbonyl (C=O) groups is 1. The first-order valence-electron chi connectivity index (χ1n) is 4.63. The molecule has 0 bridgehead atoms. The Hall–Kier alpha value is -1.90. The number of hydrogen-bond acceptors (Lipinski definition) is 1. The van der Waals surface area contributed by atoms with Gasteiger partial charge in [-0.1, -0.05) is 24.3 Å². The number of amides is 1. The Morgan fingerprint density at radius 2 is 2.00 bits per heavy atom. The van der Waals surface area contributed by atoms with Crippen LogP contribution >= 0.6 is 0 Å². The molecule has 2 aromatic rings. The predicted octanol–water partition coefficient (Wildman–Crippen LogP) is 2.94. The highest BCUT2D eigenvalue weighted by atomic mass is 19.1. The molecule has 0 aliphatic rings. The summed E-state index contributed by atoms with van der Waals surface area (Å²) in [5.74, 6) is -0.553. The highest BCUT2D eigenvalue weighted by Gasteiger charge is 2.04. The molecule has 76 valence electrons. The quantitative estimate of drug-likeness (QED) is 0.758. The van der Waals surface area contributed by atoms with Gasteiger partial charge in [0.25, 0.3) is 0 Å². The fraction of sp³-hybridized carbons (Fsp3) is 0.0833. The van der Waals surface area contributed by atoms with E-state index in [1.807, 2.05) is 24.3 Å². The van der Waals surface area contributed by atoms with Crippen LogP contribution in [0.25, 0.3) is 10.8 Å². The maximum atomic E-state index is 13.2. The lowest BCUT2D eigenvalue weighted by Gasteiger charge is -2.06. The van der Waals surface area contributed by atoms with Gasteiger partial charge in [0.05, 0.1) is 5.69 Å². The minimum Gasteiger partial charge on any atom is -0.326 e. The molecule has 0 fully saturated rings. The van der Waals surface area contributed by atoms with Crippen molar-refractivity contribution in [2.75, 3.05) is 5.32 Å². The molecule has 0 aliphatic carbocycles. The number of rotatable bonds is 1. The fourth-order valence-corrected chi connectivity index (χ4v) is 1.57. The van der Waals surface area contributed by atoms with E-state index in [1.165, 1.54) is 19.1 Å². The summed E-state index contributed by atoms with van der Waals surface area (Å²) in [6.07, 6.45) is 0. The van der Waals surface area contributed by atoms with Gasteiger partial charge in [0.2, 0.25) is 5.91 Å². The summed E-state index contributed by atoms with van der Waals surface area (Å²) in [6.45, 7) is 1.40. The molecule has 0 unspecified atom stereocenters. The van der Waals surface area contributed by atoms with Crippen molar-refractivity contribution in [3.63, 3.8) is 0 Å². The minimum absolute atomic E-state index is 0.203. The zero-order chi connectivity index (χ0) is 10.8. The summed E-state index contributed by atoms with van der Waals surface area (Å²) in [6, 6.07) is 10.1. The van der Waals surface area contributed by atoms with Gasteiger partial charge in [-0.15, -0.1) is 0 Å². The van der Waals surface area contributed by atoms with Gasteiger partial charge in [-0.05, 0) is 17.5 Å². The molecule has 0 atom stereocenters. The second kappa shape index (κ2) is 3.69. The molecule has 2 aromatic carbocycles. The van der Waals surface area contributed by atoms with Crippen LogP contribution in [0.1, 0.15) is 6.92 Å². The number of halogens is 1. The number of nitrogens with one attached hydrogen (secondary N) is 1. The second-order valence-corrected chi connectivity index (χ2v) is 3.36. The van der Waals surface area contributed by atoms with Crippen molar-refractivity contribution in [3.05, 3.63) is 42.2 Å². The Kier molecular flexibility index (Phi) is 2.37. The van der Waals surface area contributed by atoms with E-state index in [9.17, 15) is 9.18 Å². The molecule has 2 nitrogen and oxygen atoms in total. The number of carbonyl (C=O) groups excluding carboxylic acids is 1. The third-order valence-electron chi connectivity index (χ3n) is 2.14. The van der Waals surface area contributed by atoms with Crippen LogP contribution in [0.15, 0.2) is 36.4 Å². The maximum absolute atomic E-state index is 13.2. The van der Waals surface area contributed by atoms with Gasteiger partial charge in [-0.2, -0.15) is 0 Å². The van der Waals surface area contributed by atoms with Crippen molar-refractivity contribution in [1.29, 1.82) is 0 Å². The smallest absolute Gasteiger partial charge is 0.221 e. The first-order valence-corrected chi connectivity index (χ1v) is 4.63. The van der Waals surface area contributed by atoms with Crippen molar-refractivity contribution in [2.45, 2.75) is 6.92 Å². The zero-order valence-electron chi connectivity index (χ0n) is 8.25. The Labute approximate surface area is 86.7 Å². The van der Waals surface area contributed by atoms with E-state index < -0.39 is 0 Å². The van der Waals surface area contributed by atoms with E-state index in [2.05, 4.69) is 5.32 Å². The molecule has 1 N–H and O–H groups in total. The molecule has 0 heterocycles. The van der Waals surface area contributed by atoms with E-state index in [0.29, 0.717) is 5.69 Å². The lowest BCUT2D eigenvalue weighted by Crippen LogP contribution is -2.06. The summed E-state index contributed by atoms with van der Waals surface area (Å²) in [5, 5.41) is 4.23. The Bertz CT molecular complexity index is 522. The zero-order valence-corrected chi connectivity index (χ0v) is 8.25. The predicted molar refractivity (Wildman–Crippen MR) is 58.2 cm³/mol. The molecule has 15 heavy (non-hydrogen) atoms. The number of hydrogen-bond donors (Lipinski definition) is 1. The molecule has 0 spiro atoms. The van der Waals surface area contributed by atoms with Crippen LogP contribution in [0.2, 0.25) is 0 Å². The molecule has 0 saturated heterocycles. The summed E-state index contributed by atoms with van der Waals surface area (Å²) in [5.41, 5.74) is 0.512. The standard InChI is InChI=1S/C12H10FNO/c1-8(15)14-12-7-10(13)6-9-4-2-3-5-11(9)12/h2-7H,1H3,(H,14,15). The molecular weight excluding hydrogens is 193 g/mol. The van der Waals surface area contributed by atoms with Crippen LogP contribution < -0.4 is 5.32 Å². The molecule has 0 radical (unpaired) electrons. The molecule has 1 amide bonds. The van der Waals surface area contributed by atoms with Crippen molar-refractivity contribution in [2.24, 2.45) is 0 Å². The number of fused-ring (bicyclic) bond motifs is 1. The molecule has 2 rings (SSSR count). The maximum Gasteiger partial charge on any atom is 0.221 e. The van der Waals surface area contributed by atoms with Gasteiger partial charge >= 0.3 is 0 Å². The van der Waals surface area contributed by atoms with Crippen molar-refractivity contribution in [3.8, 4) is 0 Å². The largest absolute Gasteiger partial charge is 0.326 e. The first-order chi connectivity index (χ1) is 7.16. The molecule has 0 aliphatic heterocycles. The average Bonchev–Trinajstić information content (AvgIpc) is 2.16. The number of benzene rings is 2. The molecule has 0 saturated carbocycles. The van der Waals surface area contributed by atoms with E-state index in [1.54, 1.807) is 0 Å². The van der Waals surface area contributed by atoms with Crippen molar-refractivity contribution >= 4 is 22.4 Å². The normalized spacial score (nSPS) is 10.3. The van der Waals surface area contributed by atoms with Crippen LogP contribution in [0.3, 0.4) is 0 Å². The van der Waals surface area contributed by atoms with Gasteiger partial charge in [-0.3, -0.25) is 4.79 Å². The third kappa shape index (κ3) is 1.96. The van der Waals surface area contributed by atoms with Crippen LogP contribution in [-0.2, 0) is 4.79 Å². The first kappa shape index (κ1) is 9.65. The van der Waals surface area contributed by atoms with Gasteiger partial charge in [0.1, 0.15) is 5.82 Å². The van der Waals surface area contributed by atoms with Crippen molar-refractivity contribution < 1.29 is 9.18 Å². The van der Waals surface area contributed by atoms with Crippen LogP contribution in [0.4, 0.5) is 10.1 Å². The van der Waals surface area contributed by atoms with Crippen LogP contribution in [-0.4, -0.2) is 5.91 Å². The monoisotopic (exact) mass is 203 g/mol. The Morgan fingerprint density at radius 3 is 2.73 bits per heavy atom. The van der Waals surface area contributed by atoms with Crippen LogP contribution in [0, 0.1) is 5.82 Å². The fourth-order valence-electron chi connectivity index (χ4n) is 1.57. The van der Waals surface area contributed by atoms with E-state index in [4.69, 9.17) is 0 Å². The highest BCUT2D eigenvalue weighted by molar-refractivity contribution is 6.01. The summed E-state index contributed by atoms with van der Waals surface area (Å²) in [4.78, 5) is 10.9. The molecular formula is C12H10FNO. The Balaban J connectivity index is 2.65. The third-order valence-corrected chi connectivity index (χ3v) is 2.14.